The summed E-state index contributed by atoms with van der Waals surface area (Å²) in [6.45, 7) is 4.46. The second kappa shape index (κ2) is 10.3. The van der Waals surface area contributed by atoms with Crippen LogP contribution in [-0.4, -0.2) is 46.0 Å². The molecule has 0 aliphatic carbocycles. The van der Waals surface area contributed by atoms with Gasteiger partial charge in [-0.15, -0.1) is 0 Å². The van der Waals surface area contributed by atoms with Gasteiger partial charge in [-0.3, -0.25) is 9.59 Å². The maximum atomic E-state index is 13.8. The topological polar surface area (TPSA) is 79.2 Å². The van der Waals surface area contributed by atoms with Crippen molar-refractivity contribution >= 4 is 34.0 Å². The lowest BCUT2D eigenvalue weighted by Crippen LogP contribution is -2.30. The van der Waals surface area contributed by atoms with E-state index < -0.39 is 0 Å². The molecule has 1 amide bonds. The summed E-state index contributed by atoms with van der Waals surface area (Å²) in [7, 11) is 7.62. The number of pyridine rings is 1. The smallest absolute Gasteiger partial charge is 0.260 e. The summed E-state index contributed by atoms with van der Waals surface area (Å²) in [6.07, 6.45) is 1.59. The molecule has 0 spiro atoms. The fraction of sp³-hybridized carbons (Fsp3) is 0.360. The normalized spacial score (nSPS) is 11.0. The molecule has 34 heavy (non-hydrogen) atoms. The van der Waals surface area contributed by atoms with Crippen molar-refractivity contribution in [3.8, 4) is 23.0 Å². The van der Waals surface area contributed by atoms with E-state index in [-0.39, 0.29) is 17.4 Å². The van der Waals surface area contributed by atoms with Crippen LogP contribution in [0.15, 0.2) is 35.3 Å². The quantitative estimate of drug-likeness (QED) is 0.460. The predicted molar refractivity (Wildman–Crippen MR) is 133 cm³/mol. The Hall–Kier alpha value is -3.39. The lowest BCUT2D eigenvalue weighted by molar-refractivity contribution is 0.0993. The van der Waals surface area contributed by atoms with E-state index in [1.54, 1.807) is 42.1 Å². The lowest BCUT2D eigenvalue weighted by Gasteiger charge is -2.23. The number of amides is 1. The second-order valence-electron chi connectivity index (χ2n) is 8.17. The number of halogens is 1. The van der Waals surface area contributed by atoms with Crippen LogP contribution in [-0.2, 0) is 6.54 Å². The highest BCUT2D eigenvalue weighted by atomic mass is 35.5. The van der Waals surface area contributed by atoms with Gasteiger partial charge in [0.25, 0.3) is 11.5 Å². The number of carbonyl (C=O) groups is 1. The number of hydrogen-bond donors (Lipinski definition) is 0. The average Bonchev–Trinajstić information content (AvgIpc) is 2.83. The number of anilines is 1. The molecule has 8 nitrogen and oxygen atoms in total. The molecule has 0 radical (unpaired) electrons. The molecule has 0 N–H and O–H groups in total. The molecule has 3 rings (SSSR count). The molecule has 1 heterocycles. The third-order valence-corrected chi connectivity index (χ3v) is 5.80. The van der Waals surface area contributed by atoms with Crippen molar-refractivity contribution < 1.29 is 23.7 Å². The van der Waals surface area contributed by atoms with Crippen molar-refractivity contribution in [2.24, 2.45) is 5.92 Å². The first-order valence-corrected chi connectivity index (χ1v) is 11.0. The van der Waals surface area contributed by atoms with Gasteiger partial charge in [-0.2, -0.15) is 0 Å². The Morgan fingerprint density at radius 2 is 1.47 bits per heavy atom. The summed E-state index contributed by atoms with van der Waals surface area (Å²) in [5.74, 6) is 1.50. The van der Waals surface area contributed by atoms with Crippen LogP contribution in [0.5, 0.6) is 23.0 Å². The number of hydrogen-bond acceptors (Lipinski definition) is 6. The van der Waals surface area contributed by atoms with E-state index in [1.807, 2.05) is 13.8 Å². The summed E-state index contributed by atoms with van der Waals surface area (Å²) in [6, 6.07) is 6.48. The number of ether oxygens (including phenoxy) is 4. The molecule has 2 aromatic carbocycles. The van der Waals surface area contributed by atoms with E-state index in [0.717, 1.165) is 0 Å². The van der Waals surface area contributed by atoms with Crippen LogP contribution in [0.1, 0.15) is 24.2 Å². The average molecular weight is 489 g/mol. The number of aromatic nitrogens is 1. The monoisotopic (exact) mass is 488 g/mol. The Bertz CT molecular complexity index is 1280. The molecule has 0 saturated carbocycles. The van der Waals surface area contributed by atoms with Crippen LogP contribution in [0.4, 0.5) is 5.69 Å². The van der Waals surface area contributed by atoms with Gasteiger partial charge in [-0.05, 0) is 24.1 Å². The summed E-state index contributed by atoms with van der Waals surface area (Å²) in [5.41, 5.74) is 0.565. The van der Waals surface area contributed by atoms with E-state index in [4.69, 9.17) is 30.5 Å². The zero-order valence-corrected chi connectivity index (χ0v) is 21.1. The van der Waals surface area contributed by atoms with E-state index in [9.17, 15) is 9.59 Å². The van der Waals surface area contributed by atoms with E-state index in [0.29, 0.717) is 56.6 Å². The van der Waals surface area contributed by atoms with Crippen molar-refractivity contribution in [3.63, 3.8) is 0 Å². The molecule has 0 saturated heterocycles. The summed E-state index contributed by atoms with van der Waals surface area (Å²) < 4.78 is 23.1. The summed E-state index contributed by atoms with van der Waals surface area (Å²) >= 11 is 6.33. The molecule has 0 fully saturated rings. The Labute approximate surface area is 203 Å². The van der Waals surface area contributed by atoms with Crippen LogP contribution in [0.3, 0.4) is 0 Å². The van der Waals surface area contributed by atoms with Crippen LogP contribution < -0.4 is 29.4 Å². The van der Waals surface area contributed by atoms with Crippen molar-refractivity contribution in [2.45, 2.75) is 20.4 Å². The summed E-state index contributed by atoms with van der Waals surface area (Å²) in [4.78, 5) is 28.5. The lowest BCUT2D eigenvalue weighted by atomic mass is 10.0. The predicted octanol–water partition coefficient (Wildman–Crippen LogP) is 4.62. The highest BCUT2D eigenvalue weighted by molar-refractivity contribution is 6.32. The number of rotatable bonds is 8. The third-order valence-electron chi connectivity index (χ3n) is 5.50. The fourth-order valence-electron chi connectivity index (χ4n) is 3.81. The maximum absolute atomic E-state index is 13.8. The van der Waals surface area contributed by atoms with Crippen molar-refractivity contribution in [3.05, 3.63) is 51.4 Å². The molecule has 0 atom stereocenters. The van der Waals surface area contributed by atoms with E-state index >= 15 is 0 Å². The van der Waals surface area contributed by atoms with E-state index in [1.165, 1.54) is 33.3 Å². The van der Waals surface area contributed by atoms with Gasteiger partial charge in [0, 0.05) is 31.2 Å². The SMILES string of the molecule is COc1cc(OC)c(N(C)C(=O)c2cn(CC(C)C)c(=O)c3cc(OC)c(OC)cc23)cc1Cl. The first-order chi connectivity index (χ1) is 16.2. The van der Waals surface area contributed by atoms with Crippen molar-refractivity contribution in [1.29, 1.82) is 0 Å². The number of fused-ring (bicyclic) bond motifs is 1. The molecule has 182 valence electrons. The fourth-order valence-corrected chi connectivity index (χ4v) is 4.05. The molecule has 9 heteroatoms. The highest BCUT2D eigenvalue weighted by Crippen LogP contribution is 2.39. The van der Waals surface area contributed by atoms with Crippen molar-refractivity contribution in [1.82, 2.24) is 4.57 Å². The molecular weight excluding hydrogens is 460 g/mol. The van der Waals surface area contributed by atoms with Gasteiger partial charge in [-0.1, -0.05) is 25.4 Å². The molecule has 0 unspecified atom stereocenters. The van der Waals surface area contributed by atoms with Gasteiger partial charge < -0.3 is 28.4 Å². The van der Waals surface area contributed by atoms with Gasteiger partial charge in [-0.25, -0.2) is 0 Å². The first-order valence-electron chi connectivity index (χ1n) is 10.7. The number of carbonyl (C=O) groups excluding carboxylic acids is 1. The molecule has 0 bridgehead atoms. The molecule has 0 aliphatic heterocycles. The van der Waals surface area contributed by atoms with Crippen molar-refractivity contribution in [2.75, 3.05) is 40.4 Å². The first kappa shape index (κ1) is 25.2. The van der Waals surface area contributed by atoms with E-state index in [2.05, 4.69) is 0 Å². The van der Waals surface area contributed by atoms with Crippen LogP contribution in [0.25, 0.3) is 10.8 Å². The zero-order valence-electron chi connectivity index (χ0n) is 20.4. The second-order valence-corrected chi connectivity index (χ2v) is 8.58. The minimum absolute atomic E-state index is 0.191. The Morgan fingerprint density at radius 1 is 0.912 bits per heavy atom. The molecule has 3 aromatic rings. The van der Waals surface area contributed by atoms with Gasteiger partial charge in [0.05, 0.1) is 50.1 Å². The van der Waals surface area contributed by atoms with Crippen LogP contribution in [0, 0.1) is 5.92 Å². The van der Waals surface area contributed by atoms with Crippen LogP contribution >= 0.6 is 11.6 Å². The van der Waals surface area contributed by atoms with Gasteiger partial charge in [0.15, 0.2) is 11.5 Å². The Kier molecular flexibility index (Phi) is 7.61. The van der Waals surface area contributed by atoms with Gasteiger partial charge in [0.2, 0.25) is 0 Å². The minimum Gasteiger partial charge on any atom is -0.495 e. The van der Waals surface area contributed by atoms with Gasteiger partial charge in [0.1, 0.15) is 11.5 Å². The zero-order chi connectivity index (χ0) is 25.2. The standard InChI is InChI=1S/C25H29ClN2O6/c1-14(2)12-28-13-17(15-8-22(33-6)23(34-7)9-16(15)25(28)30)24(29)27(3)19-10-18(26)20(31-4)11-21(19)32-5/h8-11,13-14H,12H2,1-7H3. The maximum Gasteiger partial charge on any atom is 0.260 e. The van der Waals surface area contributed by atoms with Gasteiger partial charge >= 0.3 is 0 Å². The minimum atomic E-state index is -0.353. The Balaban J connectivity index is 2.27. The number of benzene rings is 2. The Morgan fingerprint density at radius 3 is 2.00 bits per heavy atom. The largest absolute Gasteiger partial charge is 0.495 e. The molecule has 1 aromatic heterocycles. The van der Waals surface area contributed by atoms with Crippen LogP contribution in [0.2, 0.25) is 5.02 Å². The number of methoxy groups -OCH3 is 4. The molecular formula is C25H29ClN2O6. The summed E-state index contributed by atoms with van der Waals surface area (Å²) in [5, 5.41) is 1.15. The number of nitrogens with zero attached hydrogens (tertiary/aromatic N) is 2. The molecule has 0 aliphatic rings. The third kappa shape index (κ3) is 4.63. The highest BCUT2D eigenvalue weighted by Gasteiger charge is 2.24.